The molecule has 1 rings (SSSR count). The smallest absolute Gasteiger partial charge is 0.409 e. The molecule has 1 N–H and O–H groups in total. The number of amides is 1. The van der Waals surface area contributed by atoms with Crippen LogP contribution in [0.1, 0.15) is 52.5 Å². The van der Waals surface area contributed by atoms with E-state index in [0.29, 0.717) is 51.9 Å². The third-order valence-electron chi connectivity index (χ3n) is 4.81. The van der Waals surface area contributed by atoms with Crippen molar-refractivity contribution >= 4 is 12.1 Å². The molecule has 0 bridgehead atoms. The fraction of sp³-hybridized carbons (Fsp3) is 0.680. The number of carboxylic acid groups (broad SMARTS) is 1. The first-order valence-electron chi connectivity index (χ1n) is 11.9. The monoisotopic (exact) mass is 467 g/mol. The number of hydrogen-bond acceptors (Lipinski definition) is 6. The van der Waals surface area contributed by atoms with Gasteiger partial charge in [-0.25, -0.2) is 9.59 Å². The second-order valence-corrected chi connectivity index (χ2v) is 8.26. The molecule has 1 aromatic rings. The molecule has 0 saturated carbocycles. The Labute approximate surface area is 198 Å². The van der Waals surface area contributed by atoms with E-state index in [1.807, 2.05) is 26.0 Å². The van der Waals surface area contributed by atoms with Crippen molar-refractivity contribution < 1.29 is 33.6 Å². The van der Waals surface area contributed by atoms with Crippen LogP contribution in [-0.2, 0) is 25.4 Å². The minimum absolute atomic E-state index is 0.263. The van der Waals surface area contributed by atoms with E-state index >= 15 is 0 Å². The Kier molecular flexibility index (Phi) is 15.0. The first-order valence-corrected chi connectivity index (χ1v) is 11.9. The Morgan fingerprint density at radius 3 is 2.30 bits per heavy atom. The molecular weight excluding hydrogens is 426 g/mol. The van der Waals surface area contributed by atoms with Gasteiger partial charge in [0.25, 0.3) is 0 Å². The summed E-state index contributed by atoms with van der Waals surface area (Å²) in [5, 5.41) is 9.22. The number of hydrogen-bond donors (Lipinski definition) is 1. The first kappa shape index (κ1) is 28.7. The predicted molar refractivity (Wildman–Crippen MR) is 127 cm³/mol. The summed E-state index contributed by atoms with van der Waals surface area (Å²) in [7, 11) is 0. The maximum atomic E-state index is 12.4. The number of carbonyl (C=O) groups is 2. The Bertz CT molecular complexity index is 663. The highest BCUT2D eigenvalue weighted by Gasteiger charge is 2.18. The van der Waals surface area contributed by atoms with Gasteiger partial charge < -0.3 is 29.0 Å². The molecule has 0 saturated heterocycles. The highest BCUT2D eigenvalue weighted by atomic mass is 16.6. The average molecular weight is 468 g/mol. The lowest BCUT2D eigenvalue weighted by atomic mass is 10.1. The number of aliphatic carboxylic acids is 1. The van der Waals surface area contributed by atoms with Crippen LogP contribution in [0.5, 0.6) is 5.75 Å². The van der Waals surface area contributed by atoms with Gasteiger partial charge in [0.2, 0.25) is 0 Å². The summed E-state index contributed by atoms with van der Waals surface area (Å²) in [4.78, 5) is 25.3. The minimum Gasteiger partial charge on any atom is -0.492 e. The van der Waals surface area contributed by atoms with E-state index in [1.165, 1.54) is 0 Å². The average Bonchev–Trinajstić information content (AvgIpc) is 2.79. The van der Waals surface area contributed by atoms with Crippen LogP contribution in [0.2, 0.25) is 0 Å². The molecule has 0 aliphatic carbocycles. The van der Waals surface area contributed by atoms with Crippen molar-refractivity contribution in [1.82, 2.24) is 4.90 Å². The topological polar surface area (TPSA) is 94.5 Å². The van der Waals surface area contributed by atoms with E-state index in [0.717, 1.165) is 24.8 Å². The van der Waals surface area contributed by atoms with Gasteiger partial charge in [0.15, 0.2) is 6.10 Å². The van der Waals surface area contributed by atoms with Crippen LogP contribution in [-0.4, -0.2) is 74.3 Å². The second-order valence-electron chi connectivity index (χ2n) is 8.26. The van der Waals surface area contributed by atoms with E-state index in [2.05, 4.69) is 6.92 Å². The molecule has 0 aromatic heterocycles. The highest BCUT2D eigenvalue weighted by Crippen LogP contribution is 2.15. The van der Waals surface area contributed by atoms with Crippen LogP contribution in [0.3, 0.4) is 0 Å². The summed E-state index contributed by atoms with van der Waals surface area (Å²) in [5.74, 6) is -0.0661. The van der Waals surface area contributed by atoms with Crippen molar-refractivity contribution in [3.05, 3.63) is 29.8 Å². The first-order chi connectivity index (χ1) is 15.9. The van der Waals surface area contributed by atoms with Crippen LogP contribution in [0, 0.1) is 5.92 Å². The predicted octanol–water partition coefficient (Wildman–Crippen LogP) is 4.40. The number of carboxylic acids is 1. The molecule has 188 valence electrons. The lowest BCUT2D eigenvalue weighted by Crippen LogP contribution is -2.38. The molecule has 1 unspecified atom stereocenters. The lowest BCUT2D eigenvalue weighted by Gasteiger charge is -2.23. The van der Waals surface area contributed by atoms with Crippen LogP contribution in [0.15, 0.2) is 24.3 Å². The minimum atomic E-state index is -0.976. The van der Waals surface area contributed by atoms with Gasteiger partial charge in [-0.05, 0) is 37.0 Å². The van der Waals surface area contributed by atoms with Crippen molar-refractivity contribution in [3.8, 4) is 5.75 Å². The molecule has 1 aromatic carbocycles. The van der Waals surface area contributed by atoms with E-state index in [1.54, 1.807) is 24.0 Å². The summed E-state index contributed by atoms with van der Waals surface area (Å²) >= 11 is 0. The molecular formula is C25H41NO7. The van der Waals surface area contributed by atoms with Gasteiger partial charge in [-0.15, -0.1) is 0 Å². The SMILES string of the molecule is CCCCCOCCN(CCOc1ccc(CC(OCC)C(=O)O)cc1)C(=O)OCC(C)C. The summed E-state index contributed by atoms with van der Waals surface area (Å²) < 4.78 is 22.1. The fourth-order valence-corrected chi connectivity index (χ4v) is 2.98. The van der Waals surface area contributed by atoms with Crippen molar-refractivity contribution in [2.75, 3.05) is 46.1 Å². The van der Waals surface area contributed by atoms with E-state index < -0.39 is 12.1 Å². The number of carbonyl (C=O) groups excluding carboxylic acids is 1. The maximum absolute atomic E-state index is 12.4. The number of ether oxygens (including phenoxy) is 4. The van der Waals surface area contributed by atoms with Gasteiger partial charge in [-0.2, -0.15) is 0 Å². The molecule has 0 aliphatic heterocycles. The maximum Gasteiger partial charge on any atom is 0.409 e. The van der Waals surface area contributed by atoms with Crippen molar-refractivity contribution in [1.29, 1.82) is 0 Å². The van der Waals surface area contributed by atoms with Crippen molar-refractivity contribution in [3.63, 3.8) is 0 Å². The summed E-state index contributed by atoms with van der Waals surface area (Å²) in [5.41, 5.74) is 0.849. The van der Waals surface area contributed by atoms with Gasteiger partial charge in [-0.1, -0.05) is 45.7 Å². The Balaban J connectivity index is 2.52. The lowest BCUT2D eigenvalue weighted by molar-refractivity contribution is -0.149. The molecule has 8 heteroatoms. The third-order valence-corrected chi connectivity index (χ3v) is 4.81. The van der Waals surface area contributed by atoms with Gasteiger partial charge in [0.05, 0.1) is 19.8 Å². The molecule has 0 spiro atoms. The third kappa shape index (κ3) is 13.1. The zero-order valence-corrected chi connectivity index (χ0v) is 20.6. The number of benzene rings is 1. The zero-order valence-electron chi connectivity index (χ0n) is 20.6. The van der Waals surface area contributed by atoms with Crippen LogP contribution < -0.4 is 4.74 Å². The van der Waals surface area contributed by atoms with Crippen molar-refractivity contribution in [2.24, 2.45) is 5.92 Å². The second kappa shape index (κ2) is 17.2. The Hall–Kier alpha value is -2.32. The molecule has 0 aliphatic rings. The van der Waals surface area contributed by atoms with Gasteiger partial charge in [-0.3, -0.25) is 0 Å². The normalized spacial score (nSPS) is 11.9. The number of rotatable bonds is 18. The Morgan fingerprint density at radius 2 is 1.70 bits per heavy atom. The largest absolute Gasteiger partial charge is 0.492 e. The summed E-state index contributed by atoms with van der Waals surface area (Å²) in [6.45, 7) is 10.9. The number of nitrogens with zero attached hydrogens (tertiary/aromatic N) is 1. The summed E-state index contributed by atoms with van der Waals surface area (Å²) in [6, 6.07) is 7.23. The Morgan fingerprint density at radius 1 is 1.00 bits per heavy atom. The quantitative estimate of drug-likeness (QED) is 0.320. The molecule has 1 amide bonds. The summed E-state index contributed by atoms with van der Waals surface area (Å²) in [6.07, 6.45) is 2.35. The van der Waals surface area contributed by atoms with Crippen LogP contribution in [0.25, 0.3) is 0 Å². The van der Waals surface area contributed by atoms with E-state index in [9.17, 15) is 14.7 Å². The standard InChI is InChI=1S/C25H41NO7/c1-5-7-8-15-30-16-13-26(25(29)33-19-20(3)4)14-17-32-22-11-9-21(10-12-22)18-23(24(27)28)31-6-2/h9-12,20,23H,5-8,13-19H2,1-4H3,(H,27,28). The molecule has 0 fully saturated rings. The molecule has 1 atom stereocenters. The van der Waals surface area contributed by atoms with Gasteiger partial charge in [0.1, 0.15) is 12.4 Å². The van der Waals surface area contributed by atoms with Gasteiger partial charge >= 0.3 is 12.1 Å². The highest BCUT2D eigenvalue weighted by molar-refractivity contribution is 5.72. The van der Waals surface area contributed by atoms with Gasteiger partial charge in [0, 0.05) is 26.2 Å². The van der Waals surface area contributed by atoms with Crippen LogP contribution >= 0.6 is 0 Å². The number of unbranched alkanes of at least 4 members (excludes halogenated alkanes) is 2. The molecule has 0 heterocycles. The fourth-order valence-electron chi connectivity index (χ4n) is 2.98. The van der Waals surface area contributed by atoms with E-state index in [-0.39, 0.29) is 18.4 Å². The zero-order chi connectivity index (χ0) is 24.5. The van der Waals surface area contributed by atoms with E-state index in [4.69, 9.17) is 18.9 Å². The van der Waals surface area contributed by atoms with Crippen molar-refractivity contribution in [2.45, 2.75) is 59.5 Å². The molecule has 0 radical (unpaired) electrons. The molecule has 33 heavy (non-hydrogen) atoms. The van der Waals surface area contributed by atoms with Crippen LogP contribution in [0.4, 0.5) is 4.79 Å². The molecule has 8 nitrogen and oxygen atoms in total.